The molecule has 0 aliphatic carbocycles. The van der Waals surface area contributed by atoms with Crippen molar-refractivity contribution in [2.75, 3.05) is 0 Å². The van der Waals surface area contributed by atoms with E-state index in [1.165, 1.54) is 0 Å². The molecule has 0 spiro atoms. The minimum Gasteiger partial charge on any atom is -0.298 e. The van der Waals surface area contributed by atoms with E-state index in [1.807, 2.05) is 19.1 Å². The van der Waals surface area contributed by atoms with Gasteiger partial charge >= 0.3 is 0 Å². The number of carbonyl (C=O) groups excluding carboxylic acids is 1. The first-order chi connectivity index (χ1) is 6.72. The lowest BCUT2D eigenvalue weighted by Crippen LogP contribution is -1.97. The maximum Gasteiger partial charge on any atom is 0.151 e. The molecule has 14 heavy (non-hydrogen) atoms. The third-order valence-electron chi connectivity index (χ3n) is 1.92. The lowest BCUT2D eigenvalue weighted by molar-refractivity contribution is 0.112. The summed E-state index contributed by atoms with van der Waals surface area (Å²) in [5.74, 6) is 0. The molecule has 0 aromatic heterocycles. The summed E-state index contributed by atoms with van der Waals surface area (Å²) in [5, 5.41) is 17.3. The number of benzene rings is 1. The van der Waals surface area contributed by atoms with Gasteiger partial charge in [-0.05, 0) is 24.1 Å². The van der Waals surface area contributed by atoms with Gasteiger partial charge in [-0.25, -0.2) is 0 Å². The first kappa shape index (κ1) is 9.95. The Balaban J connectivity index is 3.42. The van der Waals surface area contributed by atoms with Gasteiger partial charge in [0.25, 0.3) is 0 Å². The molecule has 0 saturated heterocycles. The number of aryl methyl sites for hydroxylation is 1. The summed E-state index contributed by atoms with van der Waals surface area (Å²) < 4.78 is 0. The predicted octanol–water partition coefficient (Wildman–Crippen LogP) is 1.75. The average molecular weight is 184 g/mol. The van der Waals surface area contributed by atoms with Crippen LogP contribution >= 0.6 is 0 Å². The second-order valence-corrected chi connectivity index (χ2v) is 2.95. The Kier molecular flexibility index (Phi) is 2.99. The number of hydrogen-bond acceptors (Lipinski definition) is 3. The zero-order valence-corrected chi connectivity index (χ0v) is 7.74. The Bertz CT molecular complexity index is 450. The third kappa shape index (κ3) is 1.78. The lowest BCUT2D eigenvalue weighted by Gasteiger charge is -2.03. The fourth-order valence-electron chi connectivity index (χ4n) is 1.34. The first-order valence-corrected chi connectivity index (χ1v) is 4.08. The van der Waals surface area contributed by atoms with Crippen molar-refractivity contribution in [3.05, 3.63) is 34.4 Å². The van der Waals surface area contributed by atoms with Crippen molar-refractivity contribution >= 4 is 6.29 Å². The van der Waals surface area contributed by atoms with Crippen molar-refractivity contribution < 1.29 is 4.79 Å². The van der Waals surface area contributed by atoms with Gasteiger partial charge in [-0.1, -0.05) is 6.07 Å². The predicted molar refractivity (Wildman–Crippen MR) is 50.6 cm³/mol. The third-order valence-corrected chi connectivity index (χ3v) is 1.92. The van der Waals surface area contributed by atoms with Crippen molar-refractivity contribution in [1.82, 2.24) is 0 Å². The van der Waals surface area contributed by atoms with E-state index >= 15 is 0 Å². The van der Waals surface area contributed by atoms with Gasteiger partial charge in [0.05, 0.1) is 24.1 Å². The van der Waals surface area contributed by atoms with Crippen molar-refractivity contribution in [2.24, 2.45) is 0 Å². The highest BCUT2D eigenvalue weighted by Crippen LogP contribution is 2.15. The summed E-state index contributed by atoms with van der Waals surface area (Å²) in [5.41, 5.74) is 2.18. The molecule has 0 aliphatic heterocycles. The molecule has 0 fully saturated rings. The van der Waals surface area contributed by atoms with Gasteiger partial charge in [-0.2, -0.15) is 10.5 Å². The quantitative estimate of drug-likeness (QED) is 0.657. The minimum absolute atomic E-state index is 0.157. The van der Waals surface area contributed by atoms with Crippen LogP contribution in [0.3, 0.4) is 0 Å². The summed E-state index contributed by atoms with van der Waals surface area (Å²) in [4.78, 5) is 10.7. The summed E-state index contributed by atoms with van der Waals surface area (Å²) in [6.45, 7) is 1.83. The number of nitriles is 2. The maximum absolute atomic E-state index is 10.7. The highest BCUT2D eigenvalue weighted by atomic mass is 16.1. The number of rotatable bonds is 2. The molecule has 1 aromatic carbocycles. The van der Waals surface area contributed by atoms with Crippen LogP contribution in [-0.2, 0) is 6.42 Å². The van der Waals surface area contributed by atoms with Crippen LogP contribution in [0.25, 0.3) is 0 Å². The Hall–Kier alpha value is -2.13. The molecule has 3 heteroatoms. The van der Waals surface area contributed by atoms with Crippen LogP contribution in [0, 0.1) is 29.6 Å². The van der Waals surface area contributed by atoms with Crippen molar-refractivity contribution in [1.29, 1.82) is 10.5 Å². The Morgan fingerprint density at radius 3 is 2.64 bits per heavy atom. The van der Waals surface area contributed by atoms with Gasteiger partial charge in [0.2, 0.25) is 0 Å². The zero-order chi connectivity index (χ0) is 10.6. The molecule has 68 valence electrons. The monoisotopic (exact) mass is 184 g/mol. The molecule has 3 nitrogen and oxygen atoms in total. The molecule has 0 radical (unpaired) electrons. The van der Waals surface area contributed by atoms with Gasteiger partial charge in [-0.15, -0.1) is 0 Å². The largest absolute Gasteiger partial charge is 0.298 e. The summed E-state index contributed by atoms with van der Waals surface area (Å²) in [6.07, 6.45) is 0.787. The average Bonchev–Trinajstić information content (AvgIpc) is 2.17. The highest BCUT2D eigenvalue weighted by Gasteiger charge is 2.08. The standard InChI is InChI=1S/C11H8N2O/c1-8-4-9(2-3-12)11(7-14)10(5-8)6-13/h4-5,7H,2H2,1H3. The Morgan fingerprint density at radius 2 is 2.14 bits per heavy atom. The fourth-order valence-corrected chi connectivity index (χ4v) is 1.34. The number of nitrogens with zero attached hydrogens (tertiary/aromatic N) is 2. The molecule has 0 N–H and O–H groups in total. The lowest BCUT2D eigenvalue weighted by atomic mass is 9.98. The van der Waals surface area contributed by atoms with Gasteiger partial charge in [-0.3, -0.25) is 4.79 Å². The van der Waals surface area contributed by atoms with Gasteiger partial charge in [0.15, 0.2) is 6.29 Å². The Morgan fingerprint density at radius 1 is 1.43 bits per heavy atom. The summed E-state index contributed by atoms with van der Waals surface area (Å²) >= 11 is 0. The van der Waals surface area contributed by atoms with E-state index in [9.17, 15) is 4.79 Å². The topological polar surface area (TPSA) is 64.7 Å². The van der Waals surface area contributed by atoms with Gasteiger partial charge in [0, 0.05) is 5.56 Å². The molecule has 1 aromatic rings. The number of hydrogen-bond donors (Lipinski definition) is 0. The summed E-state index contributed by atoms with van der Waals surface area (Å²) in [7, 11) is 0. The fraction of sp³-hybridized carbons (Fsp3) is 0.182. The highest BCUT2D eigenvalue weighted by molar-refractivity contribution is 5.82. The van der Waals surface area contributed by atoms with Crippen LogP contribution in [0.5, 0.6) is 0 Å². The SMILES string of the molecule is Cc1cc(C#N)c(C=O)c(CC#N)c1. The van der Waals surface area contributed by atoms with Crippen LogP contribution in [0.1, 0.15) is 27.0 Å². The molecule has 0 aliphatic rings. The van der Waals surface area contributed by atoms with Crippen molar-refractivity contribution in [3.63, 3.8) is 0 Å². The first-order valence-electron chi connectivity index (χ1n) is 4.08. The second-order valence-electron chi connectivity index (χ2n) is 2.95. The van der Waals surface area contributed by atoms with E-state index < -0.39 is 0 Å². The Labute approximate surface area is 82.2 Å². The normalized spacial score (nSPS) is 8.79. The molecule has 0 unspecified atom stereocenters. The van der Waals surface area contributed by atoms with Gasteiger partial charge < -0.3 is 0 Å². The van der Waals surface area contributed by atoms with Crippen LogP contribution in [-0.4, -0.2) is 6.29 Å². The van der Waals surface area contributed by atoms with E-state index in [1.54, 1.807) is 12.1 Å². The molecule has 0 atom stereocenters. The number of carbonyl (C=O) groups is 1. The van der Waals surface area contributed by atoms with Crippen molar-refractivity contribution in [2.45, 2.75) is 13.3 Å². The summed E-state index contributed by atoms with van der Waals surface area (Å²) in [6, 6.07) is 7.32. The maximum atomic E-state index is 10.7. The molecule has 0 heterocycles. The molecule has 0 amide bonds. The molecular formula is C11H8N2O. The van der Waals surface area contributed by atoms with E-state index in [0.29, 0.717) is 23.0 Å². The minimum atomic E-state index is 0.157. The van der Waals surface area contributed by atoms with Crippen LogP contribution in [0.4, 0.5) is 0 Å². The van der Waals surface area contributed by atoms with Crippen LogP contribution < -0.4 is 0 Å². The van der Waals surface area contributed by atoms with Crippen LogP contribution in [0.15, 0.2) is 12.1 Å². The molecule has 1 rings (SSSR count). The van der Waals surface area contributed by atoms with E-state index in [0.717, 1.165) is 5.56 Å². The van der Waals surface area contributed by atoms with E-state index in [2.05, 4.69) is 0 Å². The van der Waals surface area contributed by atoms with Gasteiger partial charge in [0.1, 0.15) is 0 Å². The molecule has 0 saturated carbocycles. The van der Waals surface area contributed by atoms with Crippen molar-refractivity contribution in [3.8, 4) is 12.1 Å². The second kappa shape index (κ2) is 4.20. The molecule has 0 bridgehead atoms. The smallest absolute Gasteiger partial charge is 0.151 e. The van der Waals surface area contributed by atoms with E-state index in [4.69, 9.17) is 10.5 Å². The van der Waals surface area contributed by atoms with E-state index in [-0.39, 0.29) is 6.42 Å². The van der Waals surface area contributed by atoms with Crippen LogP contribution in [0.2, 0.25) is 0 Å². The number of aldehydes is 1. The molecular weight excluding hydrogens is 176 g/mol. The zero-order valence-electron chi connectivity index (χ0n) is 7.74.